The molecular weight excluding hydrogens is 298 g/mol. The van der Waals surface area contributed by atoms with Crippen LogP contribution in [0.4, 0.5) is 10.5 Å². The molecule has 1 aromatic rings. The molecular formula is C15H23N5O3. The molecule has 126 valence electrons. The highest BCUT2D eigenvalue weighted by atomic mass is 16.5. The number of nitrogens with zero attached hydrogens (tertiary/aromatic N) is 3. The van der Waals surface area contributed by atoms with Crippen molar-refractivity contribution in [3.8, 4) is 0 Å². The molecule has 2 atom stereocenters. The van der Waals surface area contributed by atoms with Gasteiger partial charge >= 0.3 is 6.03 Å². The molecule has 0 bridgehead atoms. The summed E-state index contributed by atoms with van der Waals surface area (Å²) in [5.41, 5.74) is 0.529. The maximum Gasteiger partial charge on any atom is 0.322 e. The monoisotopic (exact) mass is 321 g/mol. The summed E-state index contributed by atoms with van der Waals surface area (Å²) in [7, 11) is 0. The first kappa shape index (κ1) is 15.8. The van der Waals surface area contributed by atoms with Crippen molar-refractivity contribution in [2.45, 2.75) is 44.9 Å². The number of anilines is 1. The number of urea groups is 1. The number of rotatable bonds is 1. The number of fused-ring (bicyclic) bond motifs is 1. The third kappa shape index (κ3) is 3.47. The second kappa shape index (κ2) is 5.84. The lowest BCUT2D eigenvalue weighted by molar-refractivity contribution is -0.139. The lowest BCUT2D eigenvalue weighted by Gasteiger charge is -2.40. The molecule has 3 rings (SSSR count). The molecule has 3 heterocycles. The van der Waals surface area contributed by atoms with Gasteiger partial charge in [-0.2, -0.15) is 5.10 Å². The van der Waals surface area contributed by atoms with Gasteiger partial charge in [-0.3, -0.25) is 9.48 Å². The van der Waals surface area contributed by atoms with Crippen LogP contribution < -0.4 is 10.6 Å². The fourth-order valence-electron chi connectivity index (χ4n) is 2.84. The summed E-state index contributed by atoms with van der Waals surface area (Å²) in [5.74, 6) is -0.125. The summed E-state index contributed by atoms with van der Waals surface area (Å²) in [6, 6.07) is -0.315. The molecule has 2 aliphatic rings. The minimum Gasteiger partial charge on any atom is -0.366 e. The number of hydrogen-bond donors (Lipinski definition) is 2. The van der Waals surface area contributed by atoms with Gasteiger partial charge in [-0.15, -0.1) is 0 Å². The van der Waals surface area contributed by atoms with E-state index < -0.39 is 0 Å². The Morgan fingerprint density at radius 2 is 2.26 bits per heavy atom. The zero-order valence-corrected chi connectivity index (χ0v) is 13.7. The topological polar surface area (TPSA) is 88.5 Å². The number of morpholine rings is 1. The van der Waals surface area contributed by atoms with Crippen LogP contribution in [-0.2, 0) is 15.1 Å². The Labute approximate surface area is 135 Å². The van der Waals surface area contributed by atoms with Crippen molar-refractivity contribution < 1.29 is 14.3 Å². The van der Waals surface area contributed by atoms with Gasteiger partial charge in [0.2, 0.25) is 5.91 Å². The zero-order chi connectivity index (χ0) is 16.6. The van der Waals surface area contributed by atoms with E-state index in [-0.39, 0.29) is 36.2 Å². The Hall–Kier alpha value is -2.09. The first-order chi connectivity index (χ1) is 10.8. The highest BCUT2D eigenvalue weighted by Gasteiger charge is 2.36. The average molecular weight is 321 g/mol. The van der Waals surface area contributed by atoms with Crippen LogP contribution in [0.2, 0.25) is 0 Å². The Bertz CT molecular complexity index is 606. The molecule has 0 unspecified atom stereocenters. The van der Waals surface area contributed by atoms with E-state index >= 15 is 0 Å². The van der Waals surface area contributed by atoms with E-state index in [0.717, 1.165) is 6.42 Å². The molecule has 8 nitrogen and oxygen atoms in total. The van der Waals surface area contributed by atoms with Crippen LogP contribution in [0.5, 0.6) is 0 Å². The van der Waals surface area contributed by atoms with E-state index in [1.54, 1.807) is 11.1 Å². The number of nitrogens with one attached hydrogen (secondary N) is 2. The number of aromatic nitrogens is 2. The van der Waals surface area contributed by atoms with Crippen LogP contribution in [0.15, 0.2) is 12.4 Å². The molecule has 2 saturated heterocycles. The Morgan fingerprint density at radius 3 is 2.96 bits per heavy atom. The fourth-order valence-corrected chi connectivity index (χ4v) is 2.84. The molecule has 2 aliphatic heterocycles. The summed E-state index contributed by atoms with van der Waals surface area (Å²) in [6.07, 6.45) is 4.18. The van der Waals surface area contributed by atoms with Gasteiger partial charge in [0.25, 0.3) is 0 Å². The van der Waals surface area contributed by atoms with Crippen molar-refractivity contribution in [1.29, 1.82) is 0 Å². The Balaban J connectivity index is 1.60. The summed E-state index contributed by atoms with van der Waals surface area (Å²) in [4.78, 5) is 25.5. The van der Waals surface area contributed by atoms with Gasteiger partial charge in [0.1, 0.15) is 6.61 Å². The zero-order valence-electron chi connectivity index (χ0n) is 13.7. The number of amides is 3. The summed E-state index contributed by atoms with van der Waals surface area (Å²) < 4.78 is 7.31. The fraction of sp³-hybridized carbons (Fsp3) is 0.667. The third-order valence-electron chi connectivity index (χ3n) is 4.13. The number of hydrogen-bond acceptors (Lipinski definition) is 4. The van der Waals surface area contributed by atoms with Crippen LogP contribution >= 0.6 is 0 Å². The van der Waals surface area contributed by atoms with E-state index in [4.69, 9.17) is 4.74 Å². The van der Waals surface area contributed by atoms with Crippen molar-refractivity contribution in [3.63, 3.8) is 0 Å². The van der Waals surface area contributed by atoms with E-state index in [1.807, 2.05) is 31.6 Å². The standard InChI is InChI=1S/C15H23N5O3/c1-15(2,3)20-7-10(6-16-20)17-14(22)19-5-4-12-11(8-19)18-13(21)9-23-12/h6-7,11-12H,4-5,8-9H2,1-3H3,(H,17,22)(H,18,21)/t11-,12+/m1/s1. The molecule has 23 heavy (non-hydrogen) atoms. The van der Waals surface area contributed by atoms with Crippen LogP contribution in [0, 0.1) is 0 Å². The number of ether oxygens (including phenoxy) is 1. The largest absolute Gasteiger partial charge is 0.366 e. The maximum atomic E-state index is 12.4. The van der Waals surface area contributed by atoms with Gasteiger partial charge in [0, 0.05) is 19.3 Å². The minimum atomic E-state index is -0.184. The number of likely N-dealkylation sites (tertiary alicyclic amines) is 1. The Morgan fingerprint density at radius 1 is 1.48 bits per heavy atom. The molecule has 0 aromatic carbocycles. The molecule has 3 amide bonds. The minimum absolute atomic E-state index is 0.000362. The molecule has 1 aromatic heterocycles. The van der Waals surface area contributed by atoms with Gasteiger partial charge in [-0.1, -0.05) is 0 Å². The van der Waals surface area contributed by atoms with E-state index in [9.17, 15) is 9.59 Å². The Kier molecular flexibility index (Phi) is 4.01. The van der Waals surface area contributed by atoms with Crippen LogP contribution in [0.1, 0.15) is 27.2 Å². The van der Waals surface area contributed by atoms with Gasteiger partial charge in [-0.05, 0) is 27.2 Å². The van der Waals surface area contributed by atoms with Crippen molar-refractivity contribution in [1.82, 2.24) is 20.0 Å². The van der Waals surface area contributed by atoms with E-state index in [0.29, 0.717) is 18.8 Å². The predicted molar refractivity (Wildman–Crippen MR) is 84.1 cm³/mol. The molecule has 0 radical (unpaired) electrons. The van der Waals surface area contributed by atoms with E-state index in [2.05, 4.69) is 15.7 Å². The molecule has 2 fully saturated rings. The highest BCUT2D eigenvalue weighted by molar-refractivity contribution is 5.89. The third-order valence-corrected chi connectivity index (χ3v) is 4.13. The van der Waals surface area contributed by atoms with Crippen molar-refractivity contribution in [2.75, 3.05) is 25.0 Å². The first-order valence-electron chi connectivity index (χ1n) is 7.85. The molecule has 0 spiro atoms. The SMILES string of the molecule is CC(C)(C)n1cc(NC(=O)N2CC[C@@H]3OCC(=O)N[C@@H]3C2)cn1. The number of carbonyl (C=O) groups is 2. The quantitative estimate of drug-likeness (QED) is 0.799. The summed E-state index contributed by atoms with van der Waals surface area (Å²) in [6.45, 7) is 7.30. The van der Waals surface area contributed by atoms with Crippen molar-refractivity contribution in [3.05, 3.63) is 12.4 Å². The predicted octanol–water partition coefficient (Wildman–Crippen LogP) is 0.759. The number of piperidine rings is 1. The van der Waals surface area contributed by atoms with Gasteiger partial charge in [0.05, 0.1) is 29.6 Å². The summed E-state index contributed by atoms with van der Waals surface area (Å²) >= 11 is 0. The first-order valence-corrected chi connectivity index (χ1v) is 7.85. The van der Waals surface area contributed by atoms with Crippen LogP contribution in [0.25, 0.3) is 0 Å². The van der Waals surface area contributed by atoms with E-state index in [1.165, 1.54) is 0 Å². The summed E-state index contributed by atoms with van der Waals surface area (Å²) in [5, 5.41) is 10.0. The second-order valence-corrected chi connectivity index (χ2v) is 7.03. The van der Waals surface area contributed by atoms with Gasteiger partial charge in [0.15, 0.2) is 0 Å². The van der Waals surface area contributed by atoms with Crippen LogP contribution in [0.3, 0.4) is 0 Å². The molecule has 0 aliphatic carbocycles. The highest BCUT2D eigenvalue weighted by Crippen LogP contribution is 2.19. The second-order valence-electron chi connectivity index (χ2n) is 7.03. The average Bonchev–Trinajstić information content (AvgIpc) is 2.95. The van der Waals surface area contributed by atoms with Gasteiger partial charge < -0.3 is 20.3 Å². The molecule has 8 heteroatoms. The molecule has 0 saturated carbocycles. The lowest BCUT2D eigenvalue weighted by Crippen LogP contribution is -2.61. The van der Waals surface area contributed by atoms with Crippen molar-refractivity contribution >= 4 is 17.6 Å². The maximum absolute atomic E-state index is 12.4. The normalized spacial score (nSPS) is 24.8. The lowest BCUT2D eigenvalue weighted by atomic mass is 10.0. The smallest absolute Gasteiger partial charge is 0.322 e. The number of carbonyl (C=O) groups excluding carboxylic acids is 2. The molecule has 2 N–H and O–H groups in total. The van der Waals surface area contributed by atoms with Gasteiger partial charge in [-0.25, -0.2) is 4.79 Å². The van der Waals surface area contributed by atoms with Crippen LogP contribution in [-0.4, -0.2) is 58.5 Å². The van der Waals surface area contributed by atoms with Crippen molar-refractivity contribution in [2.24, 2.45) is 0 Å².